The molecule has 0 aliphatic heterocycles. The van der Waals surface area contributed by atoms with Crippen molar-refractivity contribution in [3.63, 3.8) is 0 Å². The van der Waals surface area contributed by atoms with E-state index in [1.54, 1.807) is 6.20 Å². The molecule has 1 rings (SSSR count). The molecule has 0 saturated carbocycles. The number of nitrogens with zero attached hydrogens (tertiary/aromatic N) is 2. The van der Waals surface area contributed by atoms with Crippen LogP contribution in [-0.4, -0.2) is 16.6 Å². The van der Waals surface area contributed by atoms with Crippen LogP contribution in [0.25, 0.3) is 0 Å². The molecule has 0 saturated heterocycles. The summed E-state index contributed by atoms with van der Waals surface area (Å²) in [6, 6.07) is 0. The lowest BCUT2D eigenvalue weighted by atomic mass is 10.2. The van der Waals surface area contributed by atoms with E-state index >= 15 is 0 Å². The third kappa shape index (κ3) is 3.19. The van der Waals surface area contributed by atoms with Crippen LogP contribution in [0, 0.1) is 12.8 Å². The second kappa shape index (κ2) is 4.42. The standard InChI is InChI=1S/C9H13ClN2O/c1-6(2)5-13-8-7(3)4-11-9(10)12-8/h4,6H,5H2,1-3H3. The van der Waals surface area contributed by atoms with Crippen LogP contribution in [0.4, 0.5) is 0 Å². The van der Waals surface area contributed by atoms with Gasteiger partial charge < -0.3 is 4.74 Å². The van der Waals surface area contributed by atoms with Crippen LogP contribution in [0.5, 0.6) is 5.88 Å². The smallest absolute Gasteiger partial charge is 0.225 e. The molecule has 1 heterocycles. The third-order valence-corrected chi connectivity index (χ3v) is 1.63. The summed E-state index contributed by atoms with van der Waals surface area (Å²) >= 11 is 5.63. The summed E-state index contributed by atoms with van der Waals surface area (Å²) in [5, 5.41) is 0.226. The van der Waals surface area contributed by atoms with Gasteiger partial charge in [0.2, 0.25) is 11.2 Å². The Morgan fingerprint density at radius 3 is 2.85 bits per heavy atom. The van der Waals surface area contributed by atoms with E-state index in [0.29, 0.717) is 18.4 Å². The molecule has 1 aromatic rings. The maximum atomic E-state index is 5.63. The van der Waals surface area contributed by atoms with E-state index in [0.717, 1.165) is 5.56 Å². The Morgan fingerprint density at radius 1 is 1.54 bits per heavy atom. The first-order chi connectivity index (χ1) is 6.09. The van der Waals surface area contributed by atoms with Crippen molar-refractivity contribution in [2.45, 2.75) is 20.8 Å². The number of ether oxygens (including phenoxy) is 1. The highest BCUT2D eigenvalue weighted by atomic mass is 35.5. The highest BCUT2D eigenvalue weighted by molar-refractivity contribution is 6.28. The summed E-state index contributed by atoms with van der Waals surface area (Å²) in [5.41, 5.74) is 0.907. The Balaban J connectivity index is 2.70. The van der Waals surface area contributed by atoms with Crippen molar-refractivity contribution in [2.75, 3.05) is 6.61 Å². The monoisotopic (exact) mass is 200 g/mol. The van der Waals surface area contributed by atoms with E-state index in [2.05, 4.69) is 23.8 Å². The van der Waals surface area contributed by atoms with Gasteiger partial charge >= 0.3 is 0 Å². The molecule has 0 atom stereocenters. The molecule has 0 spiro atoms. The van der Waals surface area contributed by atoms with Crippen LogP contribution < -0.4 is 4.74 Å². The van der Waals surface area contributed by atoms with Crippen LogP contribution in [0.2, 0.25) is 5.28 Å². The molecule has 0 aliphatic carbocycles. The number of hydrogen-bond acceptors (Lipinski definition) is 3. The fourth-order valence-electron chi connectivity index (χ4n) is 0.798. The molecule has 0 radical (unpaired) electrons. The van der Waals surface area contributed by atoms with Gasteiger partial charge in [-0.1, -0.05) is 13.8 Å². The largest absolute Gasteiger partial charge is 0.477 e. The van der Waals surface area contributed by atoms with E-state index in [1.807, 2.05) is 6.92 Å². The first-order valence-electron chi connectivity index (χ1n) is 4.21. The zero-order valence-electron chi connectivity index (χ0n) is 8.04. The van der Waals surface area contributed by atoms with Crippen molar-refractivity contribution in [3.05, 3.63) is 17.0 Å². The summed E-state index contributed by atoms with van der Waals surface area (Å²) in [5.74, 6) is 1.06. The van der Waals surface area contributed by atoms with Crippen LogP contribution in [0.3, 0.4) is 0 Å². The van der Waals surface area contributed by atoms with E-state index in [9.17, 15) is 0 Å². The maximum absolute atomic E-state index is 5.63. The van der Waals surface area contributed by atoms with Gasteiger partial charge in [0.15, 0.2) is 0 Å². The molecule has 0 aromatic carbocycles. The molecular formula is C9H13ClN2O. The highest BCUT2D eigenvalue weighted by Gasteiger charge is 2.04. The summed E-state index contributed by atoms with van der Waals surface area (Å²) < 4.78 is 5.44. The van der Waals surface area contributed by atoms with Gasteiger partial charge in [0.1, 0.15) is 0 Å². The lowest BCUT2D eigenvalue weighted by Crippen LogP contribution is -2.07. The van der Waals surface area contributed by atoms with Crippen LogP contribution in [0.15, 0.2) is 6.20 Å². The van der Waals surface area contributed by atoms with Crippen LogP contribution in [0.1, 0.15) is 19.4 Å². The van der Waals surface area contributed by atoms with Gasteiger partial charge in [0, 0.05) is 11.8 Å². The molecule has 1 aromatic heterocycles. The van der Waals surface area contributed by atoms with Crippen molar-refractivity contribution in [2.24, 2.45) is 5.92 Å². The summed E-state index contributed by atoms with van der Waals surface area (Å²) in [7, 11) is 0. The molecule has 13 heavy (non-hydrogen) atoms. The SMILES string of the molecule is Cc1cnc(Cl)nc1OCC(C)C. The average Bonchev–Trinajstić information content (AvgIpc) is 2.06. The quantitative estimate of drug-likeness (QED) is 0.704. The zero-order valence-corrected chi connectivity index (χ0v) is 8.80. The Bertz CT molecular complexity index is 289. The minimum atomic E-state index is 0.226. The number of aryl methyl sites for hydroxylation is 1. The third-order valence-electron chi connectivity index (χ3n) is 1.45. The number of halogens is 1. The molecule has 0 bridgehead atoms. The Morgan fingerprint density at radius 2 is 2.23 bits per heavy atom. The van der Waals surface area contributed by atoms with Gasteiger partial charge in [-0.25, -0.2) is 4.98 Å². The minimum absolute atomic E-state index is 0.226. The molecule has 0 amide bonds. The second-order valence-electron chi connectivity index (χ2n) is 3.33. The first kappa shape index (κ1) is 10.3. The molecule has 0 fully saturated rings. The molecule has 72 valence electrons. The van der Waals surface area contributed by atoms with Crippen molar-refractivity contribution >= 4 is 11.6 Å². The molecule has 0 N–H and O–H groups in total. The van der Waals surface area contributed by atoms with Gasteiger partial charge in [0.25, 0.3) is 0 Å². The van der Waals surface area contributed by atoms with E-state index < -0.39 is 0 Å². The highest BCUT2D eigenvalue weighted by Crippen LogP contribution is 2.15. The summed E-state index contributed by atoms with van der Waals surface area (Å²) in [4.78, 5) is 7.82. The Hall–Kier alpha value is -0.830. The molecule has 0 unspecified atom stereocenters. The average molecular weight is 201 g/mol. The van der Waals surface area contributed by atoms with Gasteiger partial charge in [-0.2, -0.15) is 4.98 Å². The number of aromatic nitrogens is 2. The molecule has 4 heteroatoms. The first-order valence-corrected chi connectivity index (χ1v) is 4.59. The normalized spacial score (nSPS) is 10.5. The molecule has 3 nitrogen and oxygen atoms in total. The fraction of sp³-hybridized carbons (Fsp3) is 0.556. The Labute approximate surface area is 83.1 Å². The van der Waals surface area contributed by atoms with Crippen molar-refractivity contribution in [1.82, 2.24) is 9.97 Å². The summed E-state index contributed by atoms with van der Waals surface area (Å²) in [6.45, 7) is 6.70. The molecule has 0 aliphatic rings. The van der Waals surface area contributed by atoms with Crippen molar-refractivity contribution < 1.29 is 4.74 Å². The van der Waals surface area contributed by atoms with Gasteiger partial charge in [-0.15, -0.1) is 0 Å². The fourth-order valence-corrected chi connectivity index (χ4v) is 0.923. The van der Waals surface area contributed by atoms with Gasteiger partial charge in [-0.3, -0.25) is 0 Å². The van der Waals surface area contributed by atoms with Crippen LogP contribution >= 0.6 is 11.6 Å². The second-order valence-corrected chi connectivity index (χ2v) is 3.67. The topological polar surface area (TPSA) is 35.0 Å². The van der Waals surface area contributed by atoms with E-state index in [-0.39, 0.29) is 5.28 Å². The predicted octanol–water partition coefficient (Wildman–Crippen LogP) is 2.47. The van der Waals surface area contributed by atoms with Gasteiger partial charge in [-0.05, 0) is 24.4 Å². The number of hydrogen-bond donors (Lipinski definition) is 0. The lowest BCUT2D eigenvalue weighted by molar-refractivity contribution is 0.259. The van der Waals surface area contributed by atoms with Gasteiger partial charge in [0.05, 0.1) is 6.61 Å². The van der Waals surface area contributed by atoms with Crippen molar-refractivity contribution in [1.29, 1.82) is 0 Å². The summed E-state index contributed by atoms with van der Waals surface area (Å²) in [6.07, 6.45) is 1.66. The number of rotatable bonds is 3. The lowest BCUT2D eigenvalue weighted by Gasteiger charge is -2.09. The minimum Gasteiger partial charge on any atom is -0.477 e. The Kier molecular flexibility index (Phi) is 3.48. The predicted molar refractivity (Wildman–Crippen MR) is 52.1 cm³/mol. The van der Waals surface area contributed by atoms with E-state index in [4.69, 9.17) is 16.3 Å². The van der Waals surface area contributed by atoms with Crippen molar-refractivity contribution in [3.8, 4) is 5.88 Å². The molecular weight excluding hydrogens is 188 g/mol. The zero-order chi connectivity index (χ0) is 9.84. The van der Waals surface area contributed by atoms with E-state index in [1.165, 1.54) is 0 Å². The maximum Gasteiger partial charge on any atom is 0.225 e. The van der Waals surface area contributed by atoms with Crippen LogP contribution in [-0.2, 0) is 0 Å².